The van der Waals surface area contributed by atoms with Crippen molar-refractivity contribution in [2.75, 3.05) is 35.9 Å². The van der Waals surface area contributed by atoms with Gasteiger partial charge >= 0.3 is 0 Å². The zero-order chi connectivity index (χ0) is 25.0. The lowest BCUT2D eigenvalue weighted by molar-refractivity contribution is 0.0950. The molecule has 8 heteroatoms. The van der Waals surface area contributed by atoms with Gasteiger partial charge in [0.25, 0.3) is 15.9 Å². The highest BCUT2D eigenvalue weighted by molar-refractivity contribution is 7.92. The Morgan fingerprint density at radius 2 is 1.66 bits per heavy atom. The third-order valence-electron chi connectivity index (χ3n) is 6.35. The van der Waals surface area contributed by atoms with E-state index >= 15 is 0 Å². The van der Waals surface area contributed by atoms with Gasteiger partial charge in [-0.3, -0.25) is 9.52 Å². The molecule has 1 heterocycles. The monoisotopic (exact) mass is 493 g/mol. The predicted molar refractivity (Wildman–Crippen MR) is 139 cm³/mol. The van der Waals surface area contributed by atoms with Crippen LogP contribution in [0.3, 0.4) is 0 Å². The molecule has 0 unspecified atom stereocenters. The third-order valence-corrected chi connectivity index (χ3v) is 7.86. The van der Waals surface area contributed by atoms with Gasteiger partial charge in [-0.05, 0) is 73.4 Å². The zero-order valence-electron chi connectivity index (χ0n) is 20.3. The first-order valence-electron chi connectivity index (χ1n) is 11.6. The van der Waals surface area contributed by atoms with E-state index in [0.29, 0.717) is 23.4 Å². The summed E-state index contributed by atoms with van der Waals surface area (Å²) >= 11 is 0. The maximum atomic E-state index is 13.1. The molecule has 0 bridgehead atoms. The normalized spacial score (nSPS) is 14.0. The van der Waals surface area contributed by atoms with E-state index in [9.17, 15) is 13.2 Å². The molecule has 0 spiro atoms. The fraction of sp³-hybridized carbons (Fsp3) is 0.296. The summed E-state index contributed by atoms with van der Waals surface area (Å²) in [4.78, 5) is 15.2. The molecule has 0 radical (unpaired) electrons. The van der Waals surface area contributed by atoms with Crippen LogP contribution in [0.4, 0.5) is 11.4 Å². The van der Waals surface area contributed by atoms with Crippen LogP contribution in [0, 0.1) is 20.8 Å². The van der Waals surface area contributed by atoms with Gasteiger partial charge in [-0.2, -0.15) is 0 Å². The lowest BCUT2D eigenvalue weighted by Gasteiger charge is -2.28. The molecule has 35 heavy (non-hydrogen) atoms. The van der Waals surface area contributed by atoms with Gasteiger partial charge in [0.05, 0.1) is 23.8 Å². The molecule has 184 valence electrons. The summed E-state index contributed by atoms with van der Waals surface area (Å²) in [6.07, 6.45) is 0. The summed E-state index contributed by atoms with van der Waals surface area (Å²) in [5.74, 6) is -0.328. The maximum Gasteiger partial charge on any atom is 0.262 e. The molecule has 3 aromatic carbocycles. The largest absolute Gasteiger partial charge is 0.378 e. The Labute approximate surface area is 207 Å². The average Bonchev–Trinajstić information content (AvgIpc) is 2.86. The molecule has 0 aromatic heterocycles. The Hall–Kier alpha value is -3.36. The number of benzene rings is 3. The maximum absolute atomic E-state index is 13.1. The Balaban J connectivity index is 1.45. The van der Waals surface area contributed by atoms with Crippen molar-refractivity contribution in [1.29, 1.82) is 0 Å². The van der Waals surface area contributed by atoms with Crippen molar-refractivity contribution >= 4 is 27.3 Å². The smallest absolute Gasteiger partial charge is 0.262 e. The fourth-order valence-electron chi connectivity index (χ4n) is 4.02. The van der Waals surface area contributed by atoms with Gasteiger partial charge in [0, 0.05) is 30.9 Å². The van der Waals surface area contributed by atoms with Crippen LogP contribution in [0.25, 0.3) is 0 Å². The van der Waals surface area contributed by atoms with E-state index in [1.807, 2.05) is 50.2 Å². The van der Waals surface area contributed by atoms with E-state index in [-0.39, 0.29) is 10.8 Å². The lowest BCUT2D eigenvalue weighted by Crippen LogP contribution is -2.36. The van der Waals surface area contributed by atoms with Gasteiger partial charge in [0.1, 0.15) is 0 Å². The molecular formula is C27H31N3O4S. The number of sulfonamides is 1. The summed E-state index contributed by atoms with van der Waals surface area (Å²) in [6, 6.07) is 18.3. The standard InChI is InChI=1S/C27H31N3O4S/c1-19-5-4-6-25(21(19)3)29-35(32,33)26-17-23(10-7-20(26)2)27(31)28-18-22-8-11-24(12-9-22)30-13-15-34-16-14-30/h4-12,17,29H,13-16,18H2,1-3H3,(H,28,31). The Morgan fingerprint density at radius 1 is 0.943 bits per heavy atom. The van der Waals surface area contributed by atoms with Crippen LogP contribution in [0.2, 0.25) is 0 Å². The number of amides is 1. The highest BCUT2D eigenvalue weighted by Gasteiger charge is 2.20. The first kappa shape index (κ1) is 24.8. The van der Waals surface area contributed by atoms with Crippen molar-refractivity contribution in [2.45, 2.75) is 32.2 Å². The zero-order valence-corrected chi connectivity index (χ0v) is 21.1. The van der Waals surface area contributed by atoms with E-state index < -0.39 is 10.0 Å². The van der Waals surface area contributed by atoms with Crippen LogP contribution >= 0.6 is 0 Å². The van der Waals surface area contributed by atoms with Crippen molar-refractivity contribution < 1.29 is 17.9 Å². The number of morpholine rings is 1. The highest BCUT2D eigenvalue weighted by atomic mass is 32.2. The summed E-state index contributed by atoms with van der Waals surface area (Å²) in [5, 5.41) is 2.89. The van der Waals surface area contributed by atoms with Crippen LogP contribution in [-0.2, 0) is 21.3 Å². The molecule has 1 aliphatic heterocycles. The number of rotatable bonds is 7. The molecule has 0 atom stereocenters. The number of nitrogens with zero attached hydrogens (tertiary/aromatic N) is 1. The van der Waals surface area contributed by atoms with E-state index in [0.717, 1.165) is 48.7 Å². The van der Waals surface area contributed by atoms with Crippen LogP contribution in [0.15, 0.2) is 65.6 Å². The molecule has 0 aliphatic carbocycles. The molecule has 1 aliphatic rings. The van der Waals surface area contributed by atoms with Gasteiger partial charge in [0.15, 0.2) is 0 Å². The second-order valence-electron chi connectivity index (χ2n) is 8.78. The molecule has 1 amide bonds. The molecule has 0 saturated carbocycles. The lowest BCUT2D eigenvalue weighted by atomic mass is 10.1. The van der Waals surface area contributed by atoms with Crippen molar-refractivity contribution in [3.8, 4) is 0 Å². The van der Waals surface area contributed by atoms with Crippen molar-refractivity contribution in [2.24, 2.45) is 0 Å². The van der Waals surface area contributed by atoms with Crippen molar-refractivity contribution in [3.05, 3.63) is 88.5 Å². The fourth-order valence-corrected chi connectivity index (χ4v) is 5.42. The topological polar surface area (TPSA) is 87.7 Å². The number of anilines is 2. The van der Waals surface area contributed by atoms with Crippen molar-refractivity contribution in [3.63, 3.8) is 0 Å². The number of hydrogen-bond acceptors (Lipinski definition) is 5. The second-order valence-corrected chi connectivity index (χ2v) is 10.4. The van der Waals surface area contributed by atoms with E-state index in [1.165, 1.54) is 6.07 Å². The van der Waals surface area contributed by atoms with E-state index in [1.54, 1.807) is 25.1 Å². The SMILES string of the molecule is Cc1ccc(C(=O)NCc2ccc(N3CCOCC3)cc2)cc1S(=O)(=O)Nc1cccc(C)c1C. The Kier molecular flexibility index (Phi) is 7.42. The first-order chi connectivity index (χ1) is 16.7. The van der Waals surface area contributed by atoms with Crippen LogP contribution < -0.4 is 14.9 Å². The highest BCUT2D eigenvalue weighted by Crippen LogP contribution is 2.24. The minimum Gasteiger partial charge on any atom is -0.378 e. The number of aryl methyl sites for hydroxylation is 2. The first-order valence-corrected chi connectivity index (χ1v) is 13.1. The molecular weight excluding hydrogens is 462 g/mol. The van der Waals surface area contributed by atoms with Gasteiger partial charge in [-0.25, -0.2) is 8.42 Å². The molecule has 4 rings (SSSR count). The summed E-state index contributed by atoms with van der Waals surface area (Å²) in [6.45, 7) is 9.06. The molecule has 7 nitrogen and oxygen atoms in total. The predicted octanol–water partition coefficient (Wildman–Crippen LogP) is 4.18. The van der Waals surface area contributed by atoms with Crippen LogP contribution in [-0.4, -0.2) is 40.6 Å². The van der Waals surface area contributed by atoms with Gasteiger partial charge < -0.3 is 15.0 Å². The average molecular weight is 494 g/mol. The Bertz CT molecular complexity index is 1310. The third kappa shape index (κ3) is 5.83. The van der Waals surface area contributed by atoms with E-state index in [4.69, 9.17) is 4.74 Å². The minimum atomic E-state index is -3.87. The summed E-state index contributed by atoms with van der Waals surface area (Å²) < 4.78 is 34.4. The van der Waals surface area contributed by atoms with Crippen molar-refractivity contribution in [1.82, 2.24) is 5.32 Å². The molecule has 3 aromatic rings. The summed E-state index contributed by atoms with van der Waals surface area (Å²) in [7, 11) is -3.87. The molecule has 1 saturated heterocycles. The Morgan fingerprint density at radius 3 is 2.37 bits per heavy atom. The number of nitrogens with one attached hydrogen (secondary N) is 2. The second kappa shape index (κ2) is 10.5. The van der Waals surface area contributed by atoms with Gasteiger partial charge in [-0.1, -0.05) is 30.3 Å². The summed E-state index contributed by atoms with van der Waals surface area (Å²) in [5.41, 5.74) is 5.34. The number of hydrogen-bond donors (Lipinski definition) is 2. The van der Waals surface area contributed by atoms with Gasteiger partial charge in [-0.15, -0.1) is 0 Å². The minimum absolute atomic E-state index is 0.0842. The molecule has 1 fully saturated rings. The molecule has 2 N–H and O–H groups in total. The van der Waals surface area contributed by atoms with Crippen LogP contribution in [0.1, 0.15) is 32.6 Å². The number of carbonyl (C=O) groups is 1. The van der Waals surface area contributed by atoms with Crippen LogP contribution in [0.5, 0.6) is 0 Å². The van der Waals surface area contributed by atoms with E-state index in [2.05, 4.69) is 14.9 Å². The van der Waals surface area contributed by atoms with Gasteiger partial charge in [0.2, 0.25) is 0 Å². The quantitative estimate of drug-likeness (QED) is 0.516. The number of carbonyl (C=O) groups excluding carboxylic acids is 1. The number of ether oxygens (including phenoxy) is 1.